The molecule has 0 heterocycles. The first-order chi connectivity index (χ1) is 11.4. The Labute approximate surface area is 135 Å². The van der Waals surface area contributed by atoms with Gasteiger partial charge in [0.15, 0.2) is 0 Å². The highest BCUT2D eigenvalue weighted by Gasteiger charge is 2.22. The third-order valence-electron chi connectivity index (χ3n) is 3.39. The standard InChI is InChI=1S/C17H14F3NO3/c18-11-6-4-10(5-7-11)8-15(17(23)24)21-16(22)9-12-13(19)2-1-3-14(12)20/h1-7,15H,8-9H2,(H,21,22)(H,23,24)/t15-/m0/s1. The van der Waals surface area contributed by atoms with E-state index in [1.807, 2.05) is 0 Å². The van der Waals surface area contributed by atoms with Gasteiger partial charge in [-0.05, 0) is 29.8 Å². The fraction of sp³-hybridized carbons (Fsp3) is 0.176. The van der Waals surface area contributed by atoms with Gasteiger partial charge in [0.25, 0.3) is 0 Å². The first-order valence-corrected chi connectivity index (χ1v) is 7.06. The molecule has 24 heavy (non-hydrogen) atoms. The van der Waals surface area contributed by atoms with Crippen molar-refractivity contribution in [2.24, 2.45) is 0 Å². The first kappa shape index (κ1) is 17.5. The second-order valence-corrected chi connectivity index (χ2v) is 5.17. The van der Waals surface area contributed by atoms with Gasteiger partial charge in [0, 0.05) is 12.0 Å². The monoisotopic (exact) mass is 337 g/mol. The minimum atomic E-state index is -1.30. The second kappa shape index (κ2) is 7.63. The van der Waals surface area contributed by atoms with Crippen LogP contribution >= 0.6 is 0 Å². The molecule has 0 fully saturated rings. The Morgan fingerprint density at radius 1 is 1.00 bits per heavy atom. The molecule has 4 nitrogen and oxygen atoms in total. The Balaban J connectivity index is 2.06. The van der Waals surface area contributed by atoms with Crippen LogP contribution in [-0.4, -0.2) is 23.0 Å². The molecule has 1 atom stereocenters. The molecule has 0 saturated carbocycles. The number of hydrogen-bond acceptors (Lipinski definition) is 2. The lowest BCUT2D eigenvalue weighted by Crippen LogP contribution is -2.43. The van der Waals surface area contributed by atoms with Gasteiger partial charge in [0.2, 0.25) is 5.91 Å². The van der Waals surface area contributed by atoms with Crippen molar-refractivity contribution in [2.75, 3.05) is 0 Å². The van der Waals surface area contributed by atoms with Gasteiger partial charge in [0.05, 0.1) is 6.42 Å². The highest BCUT2D eigenvalue weighted by molar-refractivity contribution is 5.85. The van der Waals surface area contributed by atoms with Crippen LogP contribution in [0.4, 0.5) is 13.2 Å². The minimum Gasteiger partial charge on any atom is -0.480 e. The van der Waals surface area contributed by atoms with Crippen LogP contribution in [0.2, 0.25) is 0 Å². The van der Waals surface area contributed by atoms with Crippen molar-refractivity contribution in [1.82, 2.24) is 5.32 Å². The zero-order valence-electron chi connectivity index (χ0n) is 12.4. The number of halogens is 3. The Bertz CT molecular complexity index is 727. The third-order valence-corrected chi connectivity index (χ3v) is 3.39. The lowest BCUT2D eigenvalue weighted by Gasteiger charge is -2.15. The molecule has 0 radical (unpaired) electrons. The van der Waals surface area contributed by atoms with Crippen molar-refractivity contribution in [3.8, 4) is 0 Å². The average Bonchev–Trinajstić information content (AvgIpc) is 2.52. The van der Waals surface area contributed by atoms with Gasteiger partial charge < -0.3 is 10.4 Å². The van der Waals surface area contributed by atoms with E-state index in [0.717, 1.165) is 12.1 Å². The molecular weight excluding hydrogens is 323 g/mol. The second-order valence-electron chi connectivity index (χ2n) is 5.17. The van der Waals surface area contributed by atoms with Crippen LogP contribution < -0.4 is 5.32 Å². The van der Waals surface area contributed by atoms with Gasteiger partial charge in [-0.2, -0.15) is 0 Å². The summed E-state index contributed by atoms with van der Waals surface area (Å²) >= 11 is 0. The molecule has 2 aromatic carbocycles. The summed E-state index contributed by atoms with van der Waals surface area (Å²) in [5, 5.41) is 11.4. The molecule has 2 rings (SSSR count). The molecule has 0 aliphatic carbocycles. The van der Waals surface area contributed by atoms with Crippen LogP contribution in [0, 0.1) is 17.5 Å². The molecule has 2 N–H and O–H groups in total. The summed E-state index contributed by atoms with van der Waals surface area (Å²) in [6.07, 6.45) is -0.702. The van der Waals surface area contributed by atoms with Crippen LogP contribution in [-0.2, 0) is 22.4 Å². The van der Waals surface area contributed by atoms with Crippen molar-refractivity contribution < 1.29 is 27.9 Å². The third kappa shape index (κ3) is 4.58. The molecule has 2 aromatic rings. The molecule has 0 saturated heterocycles. The maximum absolute atomic E-state index is 13.5. The lowest BCUT2D eigenvalue weighted by molar-refractivity contribution is -0.141. The quantitative estimate of drug-likeness (QED) is 0.851. The van der Waals surface area contributed by atoms with Crippen LogP contribution in [0.5, 0.6) is 0 Å². The van der Waals surface area contributed by atoms with Crippen molar-refractivity contribution in [1.29, 1.82) is 0 Å². The minimum absolute atomic E-state index is 0.0822. The maximum atomic E-state index is 13.5. The molecule has 1 amide bonds. The van der Waals surface area contributed by atoms with E-state index in [1.165, 1.54) is 30.3 Å². The molecule has 126 valence electrons. The lowest BCUT2D eigenvalue weighted by atomic mass is 10.0. The van der Waals surface area contributed by atoms with E-state index in [0.29, 0.717) is 5.56 Å². The SMILES string of the molecule is O=C(Cc1c(F)cccc1F)N[C@@H](Cc1ccc(F)cc1)C(=O)O. The van der Waals surface area contributed by atoms with E-state index in [2.05, 4.69) is 5.32 Å². The predicted molar refractivity (Wildman–Crippen MR) is 79.7 cm³/mol. The Morgan fingerprint density at radius 2 is 1.58 bits per heavy atom. The number of carboxylic acids is 1. The zero-order chi connectivity index (χ0) is 17.7. The highest BCUT2D eigenvalue weighted by Crippen LogP contribution is 2.13. The summed E-state index contributed by atoms with van der Waals surface area (Å²) in [6, 6.07) is 7.04. The summed E-state index contributed by atoms with van der Waals surface area (Å²) in [4.78, 5) is 23.2. The molecule has 0 spiro atoms. The van der Waals surface area contributed by atoms with E-state index in [9.17, 15) is 27.9 Å². The van der Waals surface area contributed by atoms with Gasteiger partial charge in [-0.3, -0.25) is 4.79 Å². The van der Waals surface area contributed by atoms with E-state index in [-0.39, 0.29) is 6.42 Å². The number of carboxylic acid groups (broad SMARTS) is 1. The molecule has 0 unspecified atom stereocenters. The zero-order valence-corrected chi connectivity index (χ0v) is 12.4. The van der Waals surface area contributed by atoms with Crippen LogP contribution in [0.25, 0.3) is 0 Å². The Morgan fingerprint density at radius 3 is 2.12 bits per heavy atom. The normalized spacial score (nSPS) is 11.8. The van der Waals surface area contributed by atoms with Crippen molar-refractivity contribution in [2.45, 2.75) is 18.9 Å². The number of hydrogen-bond donors (Lipinski definition) is 2. The van der Waals surface area contributed by atoms with Crippen LogP contribution in [0.15, 0.2) is 42.5 Å². The Kier molecular flexibility index (Phi) is 5.57. The van der Waals surface area contributed by atoms with Crippen LogP contribution in [0.1, 0.15) is 11.1 Å². The largest absolute Gasteiger partial charge is 0.480 e. The number of carbonyl (C=O) groups excluding carboxylic acids is 1. The van der Waals surface area contributed by atoms with Crippen molar-refractivity contribution in [3.63, 3.8) is 0 Å². The molecule has 0 aromatic heterocycles. The first-order valence-electron chi connectivity index (χ1n) is 7.06. The predicted octanol–water partition coefficient (Wildman–Crippen LogP) is 2.46. The fourth-order valence-corrected chi connectivity index (χ4v) is 2.16. The highest BCUT2D eigenvalue weighted by atomic mass is 19.1. The summed E-state index contributed by atoms with van der Waals surface area (Å²) < 4.78 is 39.9. The molecule has 7 heteroatoms. The number of rotatable bonds is 6. The topological polar surface area (TPSA) is 66.4 Å². The number of amides is 1. The summed E-state index contributed by atoms with van der Waals surface area (Å²) in [7, 11) is 0. The summed E-state index contributed by atoms with van der Waals surface area (Å²) in [6.45, 7) is 0. The molecule has 0 aliphatic heterocycles. The van der Waals surface area contributed by atoms with E-state index >= 15 is 0 Å². The van der Waals surface area contributed by atoms with Gasteiger partial charge in [-0.15, -0.1) is 0 Å². The molecule has 0 aliphatic rings. The number of carbonyl (C=O) groups is 2. The van der Waals surface area contributed by atoms with Crippen LogP contribution in [0.3, 0.4) is 0 Å². The smallest absolute Gasteiger partial charge is 0.326 e. The summed E-state index contributed by atoms with van der Waals surface area (Å²) in [5.41, 5.74) is 0.0714. The van der Waals surface area contributed by atoms with Gasteiger partial charge in [-0.1, -0.05) is 18.2 Å². The fourth-order valence-electron chi connectivity index (χ4n) is 2.16. The average molecular weight is 337 g/mol. The van der Waals surface area contributed by atoms with E-state index in [4.69, 9.17) is 0 Å². The van der Waals surface area contributed by atoms with Crippen molar-refractivity contribution >= 4 is 11.9 Å². The van der Waals surface area contributed by atoms with Crippen molar-refractivity contribution in [3.05, 3.63) is 71.0 Å². The Hall–Kier alpha value is -2.83. The number of benzene rings is 2. The maximum Gasteiger partial charge on any atom is 0.326 e. The molecule has 0 bridgehead atoms. The van der Waals surface area contributed by atoms with E-state index in [1.54, 1.807) is 0 Å². The summed E-state index contributed by atoms with van der Waals surface area (Å²) in [5.74, 6) is -4.36. The van der Waals surface area contributed by atoms with E-state index < -0.39 is 47.4 Å². The van der Waals surface area contributed by atoms with Gasteiger partial charge in [0.1, 0.15) is 23.5 Å². The molecular formula is C17H14F3NO3. The van der Waals surface area contributed by atoms with Gasteiger partial charge >= 0.3 is 5.97 Å². The van der Waals surface area contributed by atoms with Gasteiger partial charge in [-0.25, -0.2) is 18.0 Å². The number of nitrogens with one attached hydrogen (secondary N) is 1. The number of aliphatic carboxylic acids is 1.